The zero-order valence-electron chi connectivity index (χ0n) is 16.2. The summed E-state index contributed by atoms with van der Waals surface area (Å²) >= 11 is 11.8. The number of esters is 1. The zero-order chi connectivity index (χ0) is 20.4. The van der Waals surface area contributed by atoms with Crippen molar-refractivity contribution in [2.75, 3.05) is 6.61 Å². The van der Waals surface area contributed by atoms with Gasteiger partial charge in [-0.3, -0.25) is 0 Å². The van der Waals surface area contributed by atoms with E-state index in [-0.39, 0.29) is 36.2 Å². The molecule has 1 unspecified atom stereocenters. The van der Waals surface area contributed by atoms with Crippen molar-refractivity contribution < 1.29 is 53.7 Å². The van der Waals surface area contributed by atoms with Crippen LogP contribution in [0.5, 0.6) is 5.75 Å². The summed E-state index contributed by atoms with van der Waals surface area (Å²) in [7, 11) is 0. The molecular weight excluding hydrogens is 414 g/mol. The van der Waals surface area contributed by atoms with Gasteiger partial charge in [0.25, 0.3) is 0 Å². The van der Waals surface area contributed by atoms with E-state index in [9.17, 15) is 14.7 Å². The number of carboxylic acids is 1. The van der Waals surface area contributed by atoms with E-state index in [1.54, 1.807) is 25.1 Å². The van der Waals surface area contributed by atoms with Crippen LogP contribution in [-0.4, -0.2) is 24.6 Å². The molecular formula is C20H21Cl2NaO5. The fourth-order valence-corrected chi connectivity index (χ4v) is 2.52. The van der Waals surface area contributed by atoms with E-state index in [0.717, 1.165) is 11.6 Å². The summed E-state index contributed by atoms with van der Waals surface area (Å²) in [6.07, 6.45) is 4.65. The molecule has 1 aromatic rings. The molecule has 146 valence electrons. The van der Waals surface area contributed by atoms with Crippen molar-refractivity contribution in [1.82, 2.24) is 0 Å². The molecule has 1 aromatic carbocycles. The van der Waals surface area contributed by atoms with Crippen LogP contribution in [0.4, 0.5) is 0 Å². The van der Waals surface area contributed by atoms with Gasteiger partial charge in [-0.1, -0.05) is 47.5 Å². The summed E-state index contributed by atoms with van der Waals surface area (Å²) in [5.41, 5.74) is 1.63. The van der Waals surface area contributed by atoms with Crippen LogP contribution in [-0.2, 0) is 14.3 Å². The third kappa shape index (κ3) is 10.9. The number of allylic oxidation sites excluding steroid dienone is 3. The first-order chi connectivity index (χ1) is 12.7. The monoisotopic (exact) mass is 434 g/mol. The number of hydrogen-bond donors (Lipinski definition) is 0. The van der Waals surface area contributed by atoms with Crippen molar-refractivity contribution in [3.05, 3.63) is 64.2 Å². The molecule has 0 aliphatic rings. The first kappa shape index (κ1) is 26.8. The largest absolute Gasteiger partial charge is 1.00 e. The quantitative estimate of drug-likeness (QED) is 0.180. The molecule has 5 nitrogen and oxygen atoms in total. The van der Waals surface area contributed by atoms with E-state index in [4.69, 9.17) is 32.7 Å². The molecule has 8 heteroatoms. The van der Waals surface area contributed by atoms with Crippen LogP contribution in [0.15, 0.2) is 54.2 Å². The molecule has 0 aromatic heterocycles. The number of hydrogen-bond acceptors (Lipinski definition) is 5. The molecule has 0 amide bonds. The number of carboxylic acid groups (broad SMARTS) is 1. The minimum Gasteiger partial charge on any atom is -0.545 e. The Kier molecular flexibility index (Phi) is 13.2. The van der Waals surface area contributed by atoms with Gasteiger partial charge in [-0.2, -0.15) is 0 Å². The van der Waals surface area contributed by atoms with Crippen molar-refractivity contribution in [1.29, 1.82) is 0 Å². The van der Waals surface area contributed by atoms with Crippen LogP contribution in [0, 0.1) is 0 Å². The molecule has 0 radical (unpaired) electrons. The Morgan fingerprint density at radius 1 is 1.29 bits per heavy atom. The summed E-state index contributed by atoms with van der Waals surface area (Å²) in [6, 6.07) is 4.70. The maximum absolute atomic E-state index is 12.0. The van der Waals surface area contributed by atoms with Gasteiger partial charge < -0.3 is 19.4 Å². The molecule has 28 heavy (non-hydrogen) atoms. The molecule has 0 aliphatic carbocycles. The Bertz CT molecular complexity index is 759. The predicted molar refractivity (Wildman–Crippen MR) is 104 cm³/mol. The zero-order valence-corrected chi connectivity index (χ0v) is 19.7. The normalized spacial score (nSPS) is 12.2. The van der Waals surface area contributed by atoms with Gasteiger partial charge in [0.2, 0.25) is 0 Å². The summed E-state index contributed by atoms with van der Waals surface area (Å²) in [5, 5.41) is 11.1. The molecule has 0 N–H and O–H groups in total. The Labute approximate surface area is 197 Å². The van der Waals surface area contributed by atoms with Gasteiger partial charge in [0, 0.05) is 5.02 Å². The van der Waals surface area contributed by atoms with Crippen molar-refractivity contribution >= 4 is 35.1 Å². The molecule has 0 aliphatic heterocycles. The molecule has 0 bridgehead atoms. The minimum absolute atomic E-state index is 0. The molecule has 1 rings (SSSR count). The summed E-state index contributed by atoms with van der Waals surface area (Å²) < 4.78 is 10.8. The first-order valence-corrected chi connectivity index (χ1v) is 8.92. The molecule has 0 heterocycles. The van der Waals surface area contributed by atoms with E-state index in [0.29, 0.717) is 34.2 Å². The summed E-state index contributed by atoms with van der Waals surface area (Å²) in [5.74, 6) is -1.47. The average Bonchev–Trinajstić information content (AvgIpc) is 2.57. The van der Waals surface area contributed by atoms with Gasteiger partial charge in [0.15, 0.2) is 6.61 Å². The molecule has 0 saturated heterocycles. The first-order valence-electron chi connectivity index (χ1n) is 8.16. The van der Waals surface area contributed by atoms with Gasteiger partial charge in [-0.15, -0.1) is 0 Å². The molecule has 0 spiro atoms. The van der Waals surface area contributed by atoms with Crippen LogP contribution in [0.3, 0.4) is 0 Å². The average molecular weight is 435 g/mol. The Morgan fingerprint density at radius 3 is 2.54 bits per heavy atom. The van der Waals surface area contributed by atoms with Crippen LogP contribution in [0.1, 0.15) is 26.7 Å². The van der Waals surface area contributed by atoms with E-state index in [2.05, 4.69) is 6.58 Å². The van der Waals surface area contributed by atoms with Gasteiger partial charge in [0.1, 0.15) is 11.9 Å². The van der Waals surface area contributed by atoms with Crippen LogP contribution in [0.25, 0.3) is 0 Å². The third-order valence-electron chi connectivity index (χ3n) is 3.48. The Morgan fingerprint density at radius 2 is 1.96 bits per heavy atom. The van der Waals surface area contributed by atoms with Gasteiger partial charge in [-0.05, 0) is 56.5 Å². The fraction of sp³-hybridized carbons (Fsp3) is 0.300. The van der Waals surface area contributed by atoms with E-state index < -0.39 is 18.0 Å². The summed E-state index contributed by atoms with van der Waals surface area (Å²) in [4.78, 5) is 22.4. The number of benzene rings is 1. The fourth-order valence-electron chi connectivity index (χ4n) is 2.06. The van der Waals surface area contributed by atoms with Crippen LogP contribution in [0.2, 0.25) is 10.0 Å². The number of ether oxygens (including phenoxy) is 2. The second-order valence-electron chi connectivity index (χ2n) is 5.92. The van der Waals surface area contributed by atoms with E-state index in [1.165, 1.54) is 12.1 Å². The number of aliphatic carboxylic acids is 1. The van der Waals surface area contributed by atoms with Gasteiger partial charge >= 0.3 is 35.5 Å². The maximum atomic E-state index is 12.0. The molecule has 0 saturated carbocycles. The Hall–Kier alpha value is -1.24. The SMILES string of the molecule is C=C(C)C(CCC(C)=CC=CC(=O)[O-])OC(=O)COc1ccc(Cl)cc1Cl.[Na+]. The van der Waals surface area contributed by atoms with Gasteiger partial charge in [0.05, 0.1) is 11.0 Å². The second kappa shape index (κ2) is 13.9. The molecule has 1 atom stereocenters. The number of carbonyl (C=O) groups excluding carboxylic acids is 2. The number of carbonyl (C=O) groups is 2. The topological polar surface area (TPSA) is 75.7 Å². The standard InChI is InChI=1S/C20H22Cl2O5.Na/c1-13(2)17(9-7-14(3)5-4-6-19(23)24)27-20(25)12-26-18-10-8-15(21)11-16(18)22;/h4-6,8,10-11,17H,1,7,9,12H2,2-3H3,(H,23,24);/q;+1/p-1. The van der Waals surface area contributed by atoms with Crippen molar-refractivity contribution in [2.45, 2.75) is 32.8 Å². The second-order valence-corrected chi connectivity index (χ2v) is 6.76. The van der Waals surface area contributed by atoms with Crippen LogP contribution < -0.4 is 39.4 Å². The van der Waals surface area contributed by atoms with Crippen LogP contribution >= 0.6 is 23.2 Å². The third-order valence-corrected chi connectivity index (χ3v) is 4.01. The Balaban J connectivity index is 0.00000729. The minimum atomic E-state index is -1.26. The smallest absolute Gasteiger partial charge is 0.545 e. The van der Waals surface area contributed by atoms with E-state index in [1.807, 2.05) is 6.92 Å². The maximum Gasteiger partial charge on any atom is 1.00 e. The van der Waals surface area contributed by atoms with E-state index >= 15 is 0 Å². The summed E-state index contributed by atoms with van der Waals surface area (Å²) in [6.45, 7) is 7.16. The number of rotatable bonds is 10. The van der Waals surface area contributed by atoms with Crippen molar-refractivity contribution in [3.8, 4) is 5.75 Å². The molecule has 0 fully saturated rings. The van der Waals surface area contributed by atoms with Gasteiger partial charge in [-0.25, -0.2) is 4.79 Å². The van der Waals surface area contributed by atoms with Crippen molar-refractivity contribution in [2.24, 2.45) is 0 Å². The predicted octanol–water partition coefficient (Wildman–Crippen LogP) is 0.897. The number of halogens is 2. The van der Waals surface area contributed by atoms with Crippen molar-refractivity contribution in [3.63, 3.8) is 0 Å².